The molecule has 2 aromatic heterocycles. The molecule has 6 nitrogen and oxygen atoms in total. The van der Waals surface area contributed by atoms with Gasteiger partial charge >= 0.3 is 0 Å². The first-order valence-electron chi connectivity index (χ1n) is 8.23. The van der Waals surface area contributed by atoms with E-state index < -0.39 is 0 Å². The van der Waals surface area contributed by atoms with Crippen LogP contribution in [0.2, 0.25) is 0 Å². The number of fused-ring (bicyclic) bond motifs is 1. The van der Waals surface area contributed by atoms with Gasteiger partial charge in [-0.25, -0.2) is 9.97 Å². The molecule has 0 aliphatic rings. The molecular formula is C19H22N6. The maximum absolute atomic E-state index is 7.47. The number of hydrogen-bond donors (Lipinski definition) is 2. The second kappa shape index (κ2) is 6.84. The normalized spacial score (nSPS) is 12.1. The molecule has 1 aromatic carbocycles. The molecule has 0 fully saturated rings. The number of nitrogens with zero attached hydrogens (tertiary/aromatic N) is 4. The summed E-state index contributed by atoms with van der Waals surface area (Å²) in [6, 6.07) is 8.14. The van der Waals surface area contributed by atoms with Crippen molar-refractivity contribution < 1.29 is 0 Å². The van der Waals surface area contributed by atoms with Crippen molar-refractivity contribution in [3.8, 4) is 0 Å². The van der Waals surface area contributed by atoms with Gasteiger partial charge in [0.2, 0.25) is 0 Å². The van der Waals surface area contributed by atoms with E-state index in [1.165, 1.54) is 18.0 Å². The summed E-state index contributed by atoms with van der Waals surface area (Å²) in [6.07, 6.45) is 7.04. The molecule has 0 spiro atoms. The van der Waals surface area contributed by atoms with Crippen LogP contribution < -0.4 is 4.90 Å². The Balaban J connectivity index is 2.02. The summed E-state index contributed by atoms with van der Waals surface area (Å²) in [5.74, 6) is 0.586. The first-order valence-corrected chi connectivity index (χ1v) is 8.23. The Morgan fingerprint density at radius 3 is 2.64 bits per heavy atom. The van der Waals surface area contributed by atoms with Crippen LogP contribution in [0.1, 0.15) is 24.0 Å². The van der Waals surface area contributed by atoms with Crippen LogP contribution in [0.25, 0.3) is 11.0 Å². The van der Waals surface area contributed by atoms with Gasteiger partial charge < -0.3 is 20.3 Å². The molecule has 0 atom stereocenters. The number of rotatable bonds is 6. The Morgan fingerprint density at radius 1 is 1.20 bits per heavy atom. The highest BCUT2D eigenvalue weighted by Crippen LogP contribution is 2.30. The fourth-order valence-electron chi connectivity index (χ4n) is 2.99. The third kappa shape index (κ3) is 3.03. The first kappa shape index (κ1) is 16.8. The largest absolute Gasteiger partial charge is 0.334 e. The Morgan fingerprint density at radius 2 is 1.96 bits per heavy atom. The van der Waals surface area contributed by atoms with Crippen molar-refractivity contribution in [3.63, 3.8) is 0 Å². The smallest absolute Gasteiger partial charge is 0.134 e. The topological polar surface area (TPSA) is 81.7 Å². The van der Waals surface area contributed by atoms with Crippen LogP contribution in [0.4, 0.5) is 11.5 Å². The zero-order valence-corrected chi connectivity index (χ0v) is 14.7. The van der Waals surface area contributed by atoms with Crippen LogP contribution in [-0.4, -0.2) is 34.0 Å². The van der Waals surface area contributed by atoms with Gasteiger partial charge in [-0.1, -0.05) is 19.1 Å². The van der Waals surface area contributed by atoms with E-state index in [9.17, 15) is 0 Å². The van der Waals surface area contributed by atoms with Crippen molar-refractivity contribution in [2.75, 3.05) is 11.9 Å². The van der Waals surface area contributed by atoms with Crippen LogP contribution in [0.15, 0.2) is 36.8 Å². The maximum Gasteiger partial charge on any atom is 0.134 e. The summed E-state index contributed by atoms with van der Waals surface area (Å²) in [5, 5.41) is 14.9. The van der Waals surface area contributed by atoms with E-state index in [1.54, 1.807) is 12.5 Å². The third-order valence-electron chi connectivity index (χ3n) is 4.53. The van der Waals surface area contributed by atoms with Crippen LogP contribution in [0.5, 0.6) is 0 Å². The minimum atomic E-state index is -0.270. The molecule has 6 heteroatoms. The molecule has 2 heterocycles. The summed E-state index contributed by atoms with van der Waals surface area (Å²) in [6.45, 7) is 2.11. The standard InChI is InChI=1S/C19H22N6/c1-4-13-7-14(15(9-20)10-21)5-6-17(13)25(3)19-8-18-16(11-22-19)23-12-24(18)2/h5-12,15,20-21H,4H2,1-3H3. The second-order valence-corrected chi connectivity index (χ2v) is 6.05. The molecular weight excluding hydrogens is 312 g/mol. The molecule has 2 N–H and O–H groups in total. The van der Waals surface area contributed by atoms with Crippen LogP contribution >= 0.6 is 0 Å². The van der Waals surface area contributed by atoms with Crippen LogP contribution in [0.3, 0.4) is 0 Å². The molecule has 0 aliphatic heterocycles. The molecule has 0 unspecified atom stereocenters. The summed E-state index contributed by atoms with van der Waals surface area (Å²) < 4.78 is 1.98. The average Bonchev–Trinajstić information content (AvgIpc) is 3.02. The molecule has 25 heavy (non-hydrogen) atoms. The predicted molar refractivity (Wildman–Crippen MR) is 103 cm³/mol. The van der Waals surface area contributed by atoms with Crippen molar-refractivity contribution in [2.24, 2.45) is 7.05 Å². The minimum Gasteiger partial charge on any atom is -0.334 e. The minimum absolute atomic E-state index is 0.270. The SMILES string of the molecule is CCc1cc(C(C=N)C=N)ccc1N(C)c1cc2c(cn1)ncn2C. The second-order valence-electron chi connectivity index (χ2n) is 6.05. The van der Waals surface area contributed by atoms with Gasteiger partial charge in [-0.15, -0.1) is 0 Å². The van der Waals surface area contributed by atoms with Crippen molar-refractivity contribution in [3.05, 3.63) is 47.9 Å². The number of imidazole rings is 1. The van der Waals surface area contributed by atoms with Gasteiger partial charge in [0.05, 0.1) is 24.0 Å². The lowest BCUT2D eigenvalue weighted by molar-refractivity contribution is 0.946. The molecule has 128 valence electrons. The highest BCUT2D eigenvalue weighted by molar-refractivity contribution is 5.88. The van der Waals surface area contributed by atoms with Crippen molar-refractivity contribution in [1.82, 2.24) is 14.5 Å². The lowest BCUT2D eigenvalue weighted by atomic mass is 9.97. The quantitative estimate of drug-likeness (QED) is 0.675. The molecule has 0 bridgehead atoms. The number of anilines is 2. The predicted octanol–water partition coefficient (Wildman–Crippen LogP) is 3.68. The lowest BCUT2D eigenvalue weighted by Gasteiger charge is -2.22. The summed E-state index contributed by atoms with van der Waals surface area (Å²) in [5.41, 5.74) is 5.13. The van der Waals surface area contributed by atoms with Crippen molar-refractivity contribution in [1.29, 1.82) is 10.8 Å². The molecule has 0 aliphatic carbocycles. The number of benzene rings is 1. The zero-order valence-electron chi connectivity index (χ0n) is 14.7. The number of aryl methyl sites for hydroxylation is 2. The lowest BCUT2D eigenvalue weighted by Crippen LogP contribution is -2.14. The highest BCUT2D eigenvalue weighted by atomic mass is 15.2. The monoisotopic (exact) mass is 334 g/mol. The molecule has 0 saturated carbocycles. The van der Waals surface area contributed by atoms with E-state index in [-0.39, 0.29) is 5.92 Å². The average molecular weight is 334 g/mol. The van der Waals surface area contributed by atoms with E-state index >= 15 is 0 Å². The van der Waals surface area contributed by atoms with E-state index in [2.05, 4.69) is 27.9 Å². The van der Waals surface area contributed by atoms with Gasteiger partial charge in [0.15, 0.2) is 0 Å². The molecule has 3 aromatic rings. The summed E-state index contributed by atoms with van der Waals surface area (Å²) in [4.78, 5) is 10.9. The highest BCUT2D eigenvalue weighted by Gasteiger charge is 2.14. The number of pyridine rings is 1. The molecule has 0 amide bonds. The number of hydrogen-bond acceptors (Lipinski definition) is 5. The van der Waals surface area contributed by atoms with Gasteiger partial charge in [-0.3, -0.25) is 0 Å². The van der Waals surface area contributed by atoms with E-state index in [0.717, 1.165) is 34.5 Å². The van der Waals surface area contributed by atoms with Crippen molar-refractivity contribution >= 4 is 35.0 Å². The first-order chi connectivity index (χ1) is 12.1. The Labute approximate surface area is 147 Å². The van der Waals surface area contributed by atoms with E-state index in [4.69, 9.17) is 10.8 Å². The zero-order chi connectivity index (χ0) is 18.0. The number of aromatic nitrogens is 3. The molecule has 3 rings (SSSR count). The van der Waals surface area contributed by atoms with E-state index in [0.29, 0.717) is 0 Å². The number of nitrogens with one attached hydrogen (secondary N) is 2. The summed E-state index contributed by atoms with van der Waals surface area (Å²) >= 11 is 0. The van der Waals surface area contributed by atoms with Gasteiger partial charge in [-0.05, 0) is 23.6 Å². The van der Waals surface area contributed by atoms with Crippen LogP contribution in [0, 0.1) is 10.8 Å². The van der Waals surface area contributed by atoms with Gasteiger partial charge in [0.25, 0.3) is 0 Å². The third-order valence-corrected chi connectivity index (χ3v) is 4.53. The maximum atomic E-state index is 7.47. The fourth-order valence-corrected chi connectivity index (χ4v) is 2.99. The molecule has 0 saturated heterocycles. The molecule has 0 radical (unpaired) electrons. The van der Waals surface area contributed by atoms with Crippen LogP contribution in [-0.2, 0) is 13.5 Å². The Kier molecular flexibility index (Phi) is 4.61. The van der Waals surface area contributed by atoms with Crippen molar-refractivity contribution in [2.45, 2.75) is 19.3 Å². The summed E-state index contributed by atoms with van der Waals surface area (Å²) in [7, 11) is 3.98. The van der Waals surface area contributed by atoms with E-state index in [1.807, 2.05) is 36.9 Å². The van der Waals surface area contributed by atoms with Gasteiger partial charge in [0, 0.05) is 38.3 Å². The Hall–Kier alpha value is -3.02. The Bertz CT molecular complexity index is 919. The van der Waals surface area contributed by atoms with Gasteiger partial charge in [-0.2, -0.15) is 0 Å². The fraction of sp³-hybridized carbons (Fsp3) is 0.263. The van der Waals surface area contributed by atoms with Gasteiger partial charge in [0.1, 0.15) is 11.3 Å².